The second kappa shape index (κ2) is 12.1. The third kappa shape index (κ3) is 4.52. The third-order valence-electron chi connectivity index (χ3n) is 13.4. The maximum atomic E-state index is 2.71. The summed E-state index contributed by atoms with van der Waals surface area (Å²) in [6, 6.07) is 70.6. The Balaban J connectivity index is 1.19. The number of anilines is 5. The van der Waals surface area contributed by atoms with E-state index in [1.807, 2.05) is 11.3 Å². The molecule has 0 bridgehead atoms. The molecule has 2 nitrogen and oxygen atoms in total. The van der Waals surface area contributed by atoms with E-state index < -0.39 is 0 Å². The van der Waals surface area contributed by atoms with Crippen LogP contribution in [0.4, 0.5) is 28.4 Å². The number of hydrogen-bond acceptors (Lipinski definition) is 3. The molecule has 0 unspecified atom stereocenters. The van der Waals surface area contributed by atoms with Gasteiger partial charge in [-0.15, -0.1) is 11.3 Å². The van der Waals surface area contributed by atoms with Crippen molar-refractivity contribution in [2.45, 2.75) is 19.3 Å². The van der Waals surface area contributed by atoms with Crippen molar-refractivity contribution in [1.82, 2.24) is 0 Å². The summed E-state index contributed by atoms with van der Waals surface area (Å²) < 4.78 is 2.64. The lowest BCUT2D eigenvalue weighted by molar-refractivity contribution is 0.638. The molecule has 0 aliphatic carbocycles. The molecule has 0 N–H and O–H groups in total. The first-order valence-corrected chi connectivity index (χ1v) is 21.4. The number of para-hydroxylation sites is 1. The quantitative estimate of drug-likeness (QED) is 0.165. The van der Waals surface area contributed by atoms with Gasteiger partial charge in [-0.25, -0.2) is 0 Å². The maximum Gasteiger partial charge on any atom is 0.333 e. The van der Waals surface area contributed by atoms with E-state index in [4.69, 9.17) is 0 Å². The van der Waals surface area contributed by atoms with Crippen LogP contribution in [0, 0.1) is 0 Å². The molecule has 4 heterocycles. The molecule has 13 rings (SSSR count). The summed E-state index contributed by atoms with van der Waals surface area (Å²) in [4.78, 5) is 5.35. The van der Waals surface area contributed by atoms with Gasteiger partial charge in [0, 0.05) is 49.2 Å². The lowest BCUT2D eigenvalue weighted by Gasteiger charge is -2.51. The molecular weight excluding hydrogens is 731 g/mol. The van der Waals surface area contributed by atoms with E-state index in [-0.39, 0.29) is 12.3 Å². The van der Waals surface area contributed by atoms with Crippen molar-refractivity contribution in [2.75, 3.05) is 9.71 Å². The molecule has 0 saturated carbocycles. The first-order chi connectivity index (χ1) is 29.0. The molecule has 10 aromatic rings. The lowest BCUT2D eigenvalue weighted by atomic mass is 9.42. The van der Waals surface area contributed by atoms with Crippen LogP contribution in [0.25, 0.3) is 64.3 Å². The highest BCUT2D eigenvalue weighted by Crippen LogP contribution is 2.57. The molecule has 59 heavy (non-hydrogen) atoms. The van der Waals surface area contributed by atoms with Gasteiger partial charge in [0.05, 0.1) is 10.4 Å². The number of hydrogen-bond donors (Lipinski definition) is 0. The van der Waals surface area contributed by atoms with E-state index in [1.165, 1.54) is 115 Å². The van der Waals surface area contributed by atoms with Gasteiger partial charge >= 0.3 is 6.85 Å². The van der Waals surface area contributed by atoms with Crippen molar-refractivity contribution in [3.63, 3.8) is 0 Å². The van der Waals surface area contributed by atoms with Crippen molar-refractivity contribution in [2.24, 2.45) is 0 Å². The zero-order chi connectivity index (χ0) is 39.0. The molecule has 0 spiro atoms. The number of thiophene rings is 1. The van der Waals surface area contributed by atoms with E-state index in [2.05, 4.69) is 212 Å². The van der Waals surface area contributed by atoms with Crippen molar-refractivity contribution in [3.8, 4) is 33.4 Å². The van der Waals surface area contributed by atoms with Crippen LogP contribution in [0.5, 0.6) is 0 Å². The predicted molar refractivity (Wildman–Crippen MR) is 254 cm³/mol. The summed E-state index contributed by atoms with van der Waals surface area (Å²) >= 11 is 1.91. The number of nitrogens with zero attached hydrogens (tertiary/aromatic N) is 2. The molecule has 0 fully saturated rings. The van der Waals surface area contributed by atoms with E-state index >= 15 is 0 Å². The Morgan fingerprint density at radius 1 is 0.475 bits per heavy atom. The minimum atomic E-state index is -0.251. The summed E-state index contributed by atoms with van der Waals surface area (Å²) in [6.45, 7) is 4.79. The molecule has 1 aromatic heterocycles. The highest BCUT2D eigenvalue weighted by molar-refractivity contribution is 7.26. The highest BCUT2D eigenvalue weighted by atomic mass is 32.1. The summed E-state index contributed by atoms with van der Waals surface area (Å²) in [5, 5.41) is 5.22. The Bertz CT molecular complexity index is 3380. The van der Waals surface area contributed by atoms with Gasteiger partial charge in [0.25, 0.3) is 0 Å². The average Bonchev–Trinajstić information content (AvgIpc) is 3.68. The van der Waals surface area contributed by atoms with Crippen molar-refractivity contribution >= 4 is 88.5 Å². The summed E-state index contributed by atoms with van der Waals surface area (Å²) in [5.41, 5.74) is 18.9. The van der Waals surface area contributed by atoms with Gasteiger partial charge in [-0.2, -0.15) is 0 Å². The molecule has 276 valence electrons. The molecular formula is C55H37BN2S. The number of fused-ring (bicyclic) bond motifs is 11. The number of rotatable bonds is 3. The normalized spacial score (nSPS) is 14.3. The van der Waals surface area contributed by atoms with Gasteiger partial charge in [-0.1, -0.05) is 166 Å². The average molecular weight is 769 g/mol. The summed E-state index contributed by atoms with van der Waals surface area (Å²) in [6.07, 6.45) is 0. The Labute approximate surface area is 348 Å². The van der Waals surface area contributed by atoms with Gasteiger partial charge < -0.3 is 9.71 Å². The molecule has 3 aliphatic heterocycles. The first-order valence-electron chi connectivity index (χ1n) is 20.6. The summed E-state index contributed by atoms with van der Waals surface area (Å²) in [7, 11) is 0. The first kappa shape index (κ1) is 33.1. The fraction of sp³-hybridized carbons (Fsp3) is 0.0545. The molecule has 4 heteroatoms. The maximum absolute atomic E-state index is 2.71. The van der Waals surface area contributed by atoms with Crippen LogP contribution in [0.15, 0.2) is 188 Å². The monoisotopic (exact) mass is 768 g/mol. The fourth-order valence-electron chi connectivity index (χ4n) is 10.8. The molecule has 9 aromatic carbocycles. The highest BCUT2D eigenvalue weighted by Gasteiger charge is 2.50. The zero-order valence-electron chi connectivity index (χ0n) is 32.8. The minimum absolute atomic E-state index is 0.0804. The van der Waals surface area contributed by atoms with Crippen LogP contribution < -0.4 is 20.6 Å². The second-order valence-electron chi connectivity index (χ2n) is 16.8. The molecule has 0 radical (unpaired) electrons. The van der Waals surface area contributed by atoms with Crippen molar-refractivity contribution < 1.29 is 0 Å². The SMILES string of the molecule is CC1(C)c2cccc3c2N(c2cc(-c4ccccc4)cc4c2B3N(c2cccc3c2sc2ccccc23)c2cc(-c3ccccc3)ccc2-4)c2ccc3ccccc3c21. The Morgan fingerprint density at radius 3 is 2.00 bits per heavy atom. The standard InChI is InChI=1S/C55H37BN2S/c1-55(2)44-23-14-24-45-53(44)57(46-30-28-36-19-9-10-20-39(36)51(46)55)49-33-38(35-17-7-4-8-18-35)31-43-40-29-27-37(34-15-5-3-6-16-34)32-48(40)58(56(45)52(43)49)47-25-13-22-42-41-21-11-12-26-50(41)59-54(42)47/h3-33H,1-2H3. The number of benzene rings is 9. The van der Waals surface area contributed by atoms with Gasteiger partial charge in [0.15, 0.2) is 0 Å². The largest absolute Gasteiger partial charge is 0.375 e. The lowest BCUT2D eigenvalue weighted by Crippen LogP contribution is -2.62. The van der Waals surface area contributed by atoms with Crippen LogP contribution in [0.1, 0.15) is 25.0 Å². The Morgan fingerprint density at radius 2 is 1.17 bits per heavy atom. The zero-order valence-corrected chi connectivity index (χ0v) is 33.6. The predicted octanol–water partition coefficient (Wildman–Crippen LogP) is 13.9. The fourth-order valence-corrected chi connectivity index (χ4v) is 12.0. The van der Waals surface area contributed by atoms with Crippen LogP contribution >= 0.6 is 11.3 Å². The van der Waals surface area contributed by atoms with Gasteiger partial charge in [0.2, 0.25) is 0 Å². The molecule has 0 saturated heterocycles. The third-order valence-corrected chi connectivity index (χ3v) is 14.6. The van der Waals surface area contributed by atoms with E-state index in [1.54, 1.807) is 0 Å². The second-order valence-corrected chi connectivity index (χ2v) is 17.9. The van der Waals surface area contributed by atoms with E-state index in [9.17, 15) is 0 Å². The van der Waals surface area contributed by atoms with E-state index in [0.717, 1.165) is 0 Å². The van der Waals surface area contributed by atoms with Crippen LogP contribution in [0.3, 0.4) is 0 Å². The molecule has 0 atom stereocenters. The van der Waals surface area contributed by atoms with Gasteiger partial charge in [-0.05, 0) is 97.0 Å². The van der Waals surface area contributed by atoms with Gasteiger partial charge in [-0.3, -0.25) is 0 Å². The minimum Gasteiger partial charge on any atom is -0.375 e. The Kier molecular flexibility index (Phi) is 6.78. The smallest absolute Gasteiger partial charge is 0.333 e. The molecule has 3 aliphatic rings. The van der Waals surface area contributed by atoms with Gasteiger partial charge in [0.1, 0.15) is 0 Å². The molecule has 0 amide bonds. The topological polar surface area (TPSA) is 6.48 Å². The van der Waals surface area contributed by atoms with Crippen LogP contribution in [0.2, 0.25) is 0 Å². The Hall–Kier alpha value is -6.88. The summed E-state index contributed by atoms with van der Waals surface area (Å²) in [5.74, 6) is 0. The van der Waals surface area contributed by atoms with Crippen LogP contribution in [-0.2, 0) is 5.41 Å². The van der Waals surface area contributed by atoms with E-state index in [0.29, 0.717) is 0 Å². The van der Waals surface area contributed by atoms with Crippen molar-refractivity contribution in [3.05, 3.63) is 199 Å². The van der Waals surface area contributed by atoms with Crippen molar-refractivity contribution in [1.29, 1.82) is 0 Å². The van der Waals surface area contributed by atoms with Crippen LogP contribution in [-0.4, -0.2) is 6.85 Å².